The summed E-state index contributed by atoms with van der Waals surface area (Å²) in [6, 6.07) is 0. The first kappa shape index (κ1) is 16.5. The molecule has 2 rings (SSSR count). The molecule has 0 N–H and O–H groups in total. The monoisotopic (exact) mass is 298 g/mol. The Bertz CT molecular complexity index is 531. The average molecular weight is 299 g/mol. The molecule has 0 atom stereocenters. The van der Waals surface area contributed by atoms with E-state index in [-0.39, 0.29) is 10.1 Å². The largest absolute Gasteiger partial charge is 0.0748 e. The molecule has 0 unspecified atom stereocenters. The van der Waals surface area contributed by atoms with E-state index in [9.17, 15) is 0 Å². The summed E-state index contributed by atoms with van der Waals surface area (Å²) in [6.45, 7) is 23.5. The van der Waals surface area contributed by atoms with Gasteiger partial charge in [-0.25, -0.2) is 0 Å². The van der Waals surface area contributed by atoms with Crippen molar-refractivity contribution < 1.29 is 0 Å². The number of allylic oxidation sites excluding steroid dienone is 8. The van der Waals surface area contributed by atoms with Crippen LogP contribution in [0.15, 0.2) is 44.6 Å². The van der Waals surface area contributed by atoms with Gasteiger partial charge in [-0.2, -0.15) is 0 Å². The zero-order valence-corrected chi connectivity index (χ0v) is 16.5. The van der Waals surface area contributed by atoms with E-state index in [1.54, 1.807) is 22.3 Å². The third-order valence-corrected chi connectivity index (χ3v) is 9.38. The Morgan fingerprint density at radius 3 is 0.857 bits per heavy atom. The van der Waals surface area contributed by atoms with Crippen molar-refractivity contribution in [2.24, 2.45) is 0 Å². The van der Waals surface area contributed by atoms with Crippen LogP contribution < -0.4 is 0 Å². The number of hydrogen-bond acceptors (Lipinski definition) is 0. The highest BCUT2D eigenvalue weighted by atomic mass is 28.2. The Hall–Kier alpha value is -0.823. The molecule has 0 saturated carbocycles. The van der Waals surface area contributed by atoms with Gasteiger partial charge in [0.15, 0.2) is 0 Å². The Morgan fingerprint density at radius 2 is 0.667 bits per heavy atom. The van der Waals surface area contributed by atoms with Gasteiger partial charge in [0.25, 0.3) is 0 Å². The maximum atomic E-state index is 2.46. The van der Waals surface area contributed by atoms with E-state index >= 15 is 0 Å². The van der Waals surface area contributed by atoms with Gasteiger partial charge in [0.05, 0.1) is 9.52 Å². The zero-order chi connectivity index (χ0) is 16.3. The van der Waals surface area contributed by atoms with Crippen molar-refractivity contribution >= 4 is 9.52 Å². The molecule has 0 nitrogen and oxygen atoms in total. The lowest BCUT2D eigenvalue weighted by molar-refractivity contribution is 0.747. The topological polar surface area (TPSA) is 0 Å². The van der Waals surface area contributed by atoms with E-state index in [2.05, 4.69) is 69.2 Å². The van der Waals surface area contributed by atoms with Crippen molar-refractivity contribution in [1.29, 1.82) is 0 Å². The van der Waals surface area contributed by atoms with Crippen LogP contribution in [0.2, 0.25) is 10.1 Å². The lowest BCUT2D eigenvalue weighted by Crippen LogP contribution is -2.30. The Labute approximate surface area is 133 Å². The highest BCUT2D eigenvalue weighted by molar-refractivity contribution is 6.49. The first-order valence-electron chi connectivity index (χ1n) is 8.00. The fourth-order valence-electron chi connectivity index (χ4n) is 4.06. The van der Waals surface area contributed by atoms with Gasteiger partial charge in [-0.1, -0.05) is 36.1 Å². The van der Waals surface area contributed by atoms with Crippen LogP contribution in [-0.2, 0) is 0 Å². The molecule has 0 aliphatic heterocycles. The summed E-state index contributed by atoms with van der Waals surface area (Å²) in [4.78, 5) is 0. The molecule has 0 aromatic heterocycles. The van der Waals surface area contributed by atoms with Gasteiger partial charge in [-0.15, -0.1) is 0 Å². The minimum Gasteiger partial charge on any atom is -0.0634 e. The van der Waals surface area contributed by atoms with Crippen molar-refractivity contribution in [3.63, 3.8) is 0 Å². The molecule has 1 heteroatoms. The second kappa shape index (κ2) is 4.84. The quantitative estimate of drug-likeness (QED) is 0.516. The van der Waals surface area contributed by atoms with Crippen molar-refractivity contribution in [2.75, 3.05) is 0 Å². The molecule has 0 spiro atoms. The molecule has 0 fully saturated rings. The molecule has 21 heavy (non-hydrogen) atoms. The molecule has 0 amide bonds. The summed E-state index contributed by atoms with van der Waals surface area (Å²) >= 11 is 0. The molecule has 2 aliphatic carbocycles. The maximum Gasteiger partial charge on any atom is 0.0748 e. The van der Waals surface area contributed by atoms with Crippen LogP contribution >= 0.6 is 0 Å². The third kappa shape index (κ3) is 2.00. The van der Waals surface area contributed by atoms with Crippen LogP contribution in [0.25, 0.3) is 0 Å². The van der Waals surface area contributed by atoms with Gasteiger partial charge in [-0.05, 0) is 77.7 Å². The van der Waals surface area contributed by atoms with Crippen molar-refractivity contribution in [3.8, 4) is 0 Å². The maximum absolute atomic E-state index is 2.46. The summed E-state index contributed by atoms with van der Waals surface area (Å²) in [7, 11) is 0.879. The van der Waals surface area contributed by atoms with E-state index in [0.717, 1.165) is 9.52 Å². The molecular weight excluding hydrogens is 268 g/mol. The number of rotatable bonds is 2. The van der Waals surface area contributed by atoms with Crippen molar-refractivity contribution in [2.45, 2.75) is 79.3 Å². The molecule has 0 heterocycles. The second-order valence-corrected chi connectivity index (χ2v) is 9.62. The van der Waals surface area contributed by atoms with Crippen LogP contribution in [0.5, 0.6) is 0 Å². The Balaban J connectivity index is 2.54. The third-order valence-electron chi connectivity index (χ3n) is 6.88. The molecule has 0 bridgehead atoms. The van der Waals surface area contributed by atoms with Crippen LogP contribution in [-0.4, -0.2) is 9.52 Å². The fourth-order valence-corrected chi connectivity index (χ4v) is 6.56. The molecule has 2 radical (unpaired) electrons. The lowest BCUT2D eigenvalue weighted by atomic mass is 9.96. The van der Waals surface area contributed by atoms with E-state index in [1.807, 2.05) is 0 Å². The summed E-state index contributed by atoms with van der Waals surface area (Å²) < 4.78 is 0. The fraction of sp³-hybridized carbons (Fsp3) is 0.600. The smallest absolute Gasteiger partial charge is 0.0634 e. The van der Waals surface area contributed by atoms with Gasteiger partial charge < -0.3 is 0 Å². The van der Waals surface area contributed by atoms with Gasteiger partial charge in [-0.3, -0.25) is 0 Å². The van der Waals surface area contributed by atoms with Gasteiger partial charge >= 0.3 is 0 Å². The highest BCUT2D eigenvalue weighted by Gasteiger charge is 2.46. The summed E-state index contributed by atoms with van der Waals surface area (Å²) in [6.07, 6.45) is 0. The van der Waals surface area contributed by atoms with Crippen LogP contribution in [0, 0.1) is 0 Å². The van der Waals surface area contributed by atoms with Gasteiger partial charge in [0.1, 0.15) is 0 Å². The second-order valence-electron chi connectivity index (χ2n) is 7.38. The summed E-state index contributed by atoms with van der Waals surface area (Å²) in [5, 5.41) is 0.465. The van der Waals surface area contributed by atoms with Crippen LogP contribution in [0.1, 0.15) is 69.2 Å². The average Bonchev–Trinajstić information content (AvgIpc) is 2.67. The molecule has 2 aliphatic rings. The normalized spacial score (nSPS) is 24.9. The van der Waals surface area contributed by atoms with E-state index in [4.69, 9.17) is 0 Å². The predicted octanol–water partition coefficient (Wildman–Crippen LogP) is 6.42. The SMILES string of the molecule is CC1=C(C)C(C)([Si]C2(C)C(C)=C(C)C(C)=C2C)C(C)=C1C. The van der Waals surface area contributed by atoms with E-state index < -0.39 is 0 Å². The molecule has 0 aromatic rings. The van der Waals surface area contributed by atoms with Crippen LogP contribution in [0.4, 0.5) is 0 Å². The Morgan fingerprint density at radius 1 is 0.476 bits per heavy atom. The highest BCUT2D eigenvalue weighted by Crippen LogP contribution is 2.61. The molecule has 0 saturated heterocycles. The minimum absolute atomic E-state index is 0.232. The summed E-state index contributed by atoms with van der Waals surface area (Å²) in [5.41, 5.74) is 12.4. The predicted molar refractivity (Wildman–Crippen MR) is 96.0 cm³/mol. The first-order valence-corrected chi connectivity index (χ1v) is 9.00. The first-order chi connectivity index (χ1) is 9.48. The zero-order valence-electron chi connectivity index (χ0n) is 15.5. The standard InChI is InChI=1S/C20H30Si/c1-11-12(2)16(6)19(9,15(11)5)21-20(10)17(7)13(3)14(4)18(20)8/h1-10H3. The van der Waals surface area contributed by atoms with Gasteiger partial charge in [0, 0.05) is 10.1 Å². The van der Waals surface area contributed by atoms with Gasteiger partial charge in [0.2, 0.25) is 0 Å². The molecule has 0 aromatic carbocycles. The molecule has 114 valence electrons. The number of hydrogen-bond donors (Lipinski definition) is 0. The lowest BCUT2D eigenvalue weighted by Gasteiger charge is -2.39. The summed E-state index contributed by atoms with van der Waals surface area (Å²) in [5.74, 6) is 0. The van der Waals surface area contributed by atoms with E-state index in [1.165, 1.54) is 22.3 Å². The minimum atomic E-state index is 0.232. The van der Waals surface area contributed by atoms with Crippen molar-refractivity contribution in [1.82, 2.24) is 0 Å². The molecular formula is C20H30Si. The van der Waals surface area contributed by atoms with Crippen molar-refractivity contribution in [3.05, 3.63) is 44.6 Å². The van der Waals surface area contributed by atoms with Crippen LogP contribution in [0.3, 0.4) is 0 Å². The Kier molecular flexibility index (Phi) is 3.81. The van der Waals surface area contributed by atoms with E-state index in [0.29, 0.717) is 0 Å².